The number of alkyl halides is 2. The van der Waals surface area contributed by atoms with Crippen LogP contribution >= 0.6 is 0 Å². The summed E-state index contributed by atoms with van der Waals surface area (Å²) >= 11 is 0. The molecule has 1 aliphatic heterocycles. The van der Waals surface area contributed by atoms with Crippen LogP contribution < -0.4 is 10.1 Å². The summed E-state index contributed by atoms with van der Waals surface area (Å²) in [5.41, 5.74) is 1.23. The number of hydrogen-bond acceptors (Lipinski definition) is 4. The molecule has 1 aliphatic rings. The van der Waals surface area contributed by atoms with Crippen molar-refractivity contribution in [1.82, 2.24) is 9.80 Å². The highest BCUT2D eigenvalue weighted by Gasteiger charge is 2.23. The summed E-state index contributed by atoms with van der Waals surface area (Å²) < 4.78 is 28.8. The summed E-state index contributed by atoms with van der Waals surface area (Å²) in [6.45, 7) is 8.91. The fraction of sp³-hybridized carbons (Fsp3) is 0.300. The highest BCUT2D eigenvalue weighted by molar-refractivity contribution is 6.00. The summed E-state index contributed by atoms with van der Waals surface area (Å²) in [6, 6.07) is 6.14. The third-order valence-electron chi connectivity index (χ3n) is 4.06. The molecule has 1 amide bonds. The Bertz CT molecular complexity index is 752. The summed E-state index contributed by atoms with van der Waals surface area (Å²) in [7, 11) is 0. The average Bonchev–Trinajstić information content (AvgIpc) is 2.69. The van der Waals surface area contributed by atoms with Gasteiger partial charge in [-0.3, -0.25) is 4.79 Å². The van der Waals surface area contributed by atoms with Gasteiger partial charge in [-0.25, -0.2) is 4.99 Å². The molecule has 0 aliphatic carbocycles. The van der Waals surface area contributed by atoms with E-state index in [2.05, 4.69) is 28.2 Å². The van der Waals surface area contributed by atoms with Crippen molar-refractivity contribution in [3.63, 3.8) is 0 Å². The number of rotatable bonds is 7. The highest BCUT2D eigenvalue weighted by atomic mass is 19.3. The zero-order valence-electron chi connectivity index (χ0n) is 15.8. The lowest BCUT2D eigenvalue weighted by Gasteiger charge is -2.36. The summed E-state index contributed by atoms with van der Waals surface area (Å²) in [4.78, 5) is 20.0. The van der Waals surface area contributed by atoms with Crippen LogP contribution in [0.1, 0.15) is 6.92 Å². The van der Waals surface area contributed by atoms with Gasteiger partial charge in [0.05, 0.1) is 5.70 Å². The Balaban J connectivity index is 2.06. The topological polar surface area (TPSA) is 57.2 Å². The SMILES string of the molecule is C=CC(=O)N1CCN(/C(=N/C=C\C)C(=C)Nc2ccc(OC(F)F)cc2)CC1. The minimum absolute atomic E-state index is 0.0805. The highest BCUT2D eigenvalue weighted by Crippen LogP contribution is 2.19. The fourth-order valence-corrected chi connectivity index (χ4v) is 2.71. The first-order valence-corrected chi connectivity index (χ1v) is 8.81. The van der Waals surface area contributed by atoms with Crippen LogP contribution in [0, 0.1) is 0 Å². The molecule has 0 unspecified atom stereocenters. The maximum atomic E-state index is 12.3. The lowest BCUT2D eigenvalue weighted by atomic mass is 10.2. The molecule has 8 heteroatoms. The van der Waals surface area contributed by atoms with Crippen molar-refractivity contribution >= 4 is 17.4 Å². The van der Waals surface area contributed by atoms with E-state index < -0.39 is 6.61 Å². The van der Waals surface area contributed by atoms with Crippen molar-refractivity contribution in [2.24, 2.45) is 4.99 Å². The molecular weight excluding hydrogens is 366 g/mol. The molecule has 1 aromatic carbocycles. The number of hydrogen-bond donors (Lipinski definition) is 1. The summed E-state index contributed by atoms with van der Waals surface area (Å²) in [6.07, 6.45) is 4.79. The Morgan fingerprint density at radius 3 is 2.36 bits per heavy atom. The minimum Gasteiger partial charge on any atom is -0.435 e. The predicted molar refractivity (Wildman–Crippen MR) is 106 cm³/mol. The molecule has 1 N–H and O–H groups in total. The number of allylic oxidation sites excluding steroid dienone is 1. The van der Waals surface area contributed by atoms with Crippen LogP contribution in [0.5, 0.6) is 5.75 Å². The number of nitrogens with one attached hydrogen (secondary N) is 1. The number of carbonyl (C=O) groups excluding carboxylic acids is 1. The number of aliphatic imine (C=N–C) groups is 1. The Labute approximate surface area is 163 Å². The second-order valence-corrected chi connectivity index (χ2v) is 5.96. The predicted octanol–water partition coefficient (Wildman–Crippen LogP) is 3.48. The summed E-state index contributed by atoms with van der Waals surface area (Å²) in [5.74, 6) is 0.642. The third-order valence-corrected chi connectivity index (χ3v) is 4.06. The molecule has 28 heavy (non-hydrogen) atoms. The molecule has 150 valence electrons. The third kappa shape index (κ3) is 5.94. The molecule has 0 radical (unpaired) electrons. The number of halogens is 2. The van der Waals surface area contributed by atoms with Crippen molar-refractivity contribution in [1.29, 1.82) is 0 Å². The van der Waals surface area contributed by atoms with Crippen molar-refractivity contribution < 1.29 is 18.3 Å². The Kier molecular flexibility index (Phi) is 7.74. The molecule has 2 rings (SSSR count). The van der Waals surface area contributed by atoms with E-state index in [4.69, 9.17) is 0 Å². The summed E-state index contributed by atoms with van der Waals surface area (Å²) in [5, 5.41) is 3.13. The zero-order chi connectivity index (χ0) is 20.5. The van der Waals surface area contributed by atoms with Crippen LogP contribution in [-0.2, 0) is 4.79 Å². The number of amidine groups is 1. The van der Waals surface area contributed by atoms with E-state index in [1.807, 2.05) is 11.8 Å². The smallest absolute Gasteiger partial charge is 0.387 e. The largest absolute Gasteiger partial charge is 0.435 e. The molecule has 0 saturated carbocycles. The van der Waals surface area contributed by atoms with Gasteiger partial charge < -0.3 is 19.9 Å². The van der Waals surface area contributed by atoms with Gasteiger partial charge in [0.25, 0.3) is 0 Å². The van der Waals surface area contributed by atoms with Crippen molar-refractivity contribution in [2.45, 2.75) is 13.5 Å². The van der Waals surface area contributed by atoms with Gasteiger partial charge in [0.2, 0.25) is 5.91 Å². The van der Waals surface area contributed by atoms with E-state index in [9.17, 15) is 13.6 Å². The Morgan fingerprint density at radius 2 is 1.82 bits per heavy atom. The Morgan fingerprint density at radius 1 is 1.21 bits per heavy atom. The normalized spacial score (nSPS) is 15.1. The van der Waals surface area contributed by atoms with Crippen molar-refractivity contribution in [3.8, 4) is 5.75 Å². The molecule has 1 heterocycles. The maximum absolute atomic E-state index is 12.3. The first-order chi connectivity index (χ1) is 13.4. The van der Waals surface area contributed by atoms with Gasteiger partial charge in [0.15, 0.2) is 5.84 Å². The number of piperazine rings is 1. The van der Waals surface area contributed by atoms with Gasteiger partial charge in [-0.2, -0.15) is 8.78 Å². The second kappa shape index (κ2) is 10.2. The van der Waals surface area contributed by atoms with E-state index in [-0.39, 0.29) is 11.7 Å². The molecular formula is C20H24F2N4O2. The van der Waals surface area contributed by atoms with Gasteiger partial charge >= 0.3 is 6.61 Å². The molecule has 0 spiro atoms. The standard InChI is InChI=1S/C20H24F2N4O2/c1-4-10-23-19(26-13-11-25(12-14-26)18(27)5-2)15(3)24-16-6-8-17(9-7-16)28-20(21)22/h4-10,20,24H,2-3,11-14H2,1H3/b10-4-,23-19+. The van der Waals surface area contributed by atoms with Crippen LogP contribution in [0.15, 0.2) is 66.5 Å². The molecule has 1 aromatic rings. The molecule has 0 atom stereocenters. The van der Waals surface area contributed by atoms with Crippen LogP contribution in [0.25, 0.3) is 0 Å². The maximum Gasteiger partial charge on any atom is 0.387 e. The molecule has 6 nitrogen and oxygen atoms in total. The number of ether oxygens (including phenoxy) is 1. The van der Waals surface area contributed by atoms with Crippen LogP contribution in [-0.4, -0.2) is 54.3 Å². The van der Waals surface area contributed by atoms with Crippen LogP contribution in [0.2, 0.25) is 0 Å². The van der Waals surface area contributed by atoms with E-state index >= 15 is 0 Å². The Hall–Kier alpha value is -3.16. The van der Waals surface area contributed by atoms with Gasteiger partial charge in [-0.1, -0.05) is 19.2 Å². The van der Waals surface area contributed by atoms with Gasteiger partial charge in [0, 0.05) is 38.1 Å². The lowest BCUT2D eigenvalue weighted by molar-refractivity contribution is -0.127. The zero-order valence-corrected chi connectivity index (χ0v) is 15.8. The number of anilines is 1. The van der Waals surface area contributed by atoms with Gasteiger partial charge in [-0.05, 0) is 37.3 Å². The van der Waals surface area contributed by atoms with Crippen molar-refractivity contribution in [3.05, 3.63) is 61.5 Å². The van der Waals surface area contributed by atoms with E-state index in [0.29, 0.717) is 43.4 Å². The fourth-order valence-electron chi connectivity index (χ4n) is 2.71. The molecule has 0 aromatic heterocycles. The monoisotopic (exact) mass is 390 g/mol. The molecule has 1 fully saturated rings. The number of carbonyl (C=O) groups is 1. The number of amides is 1. The van der Waals surface area contributed by atoms with Crippen molar-refractivity contribution in [2.75, 3.05) is 31.5 Å². The number of benzene rings is 1. The lowest BCUT2D eigenvalue weighted by Crippen LogP contribution is -2.51. The second-order valence-electron chi connectivity index (χ2n) is 5.96. The molecule has 0 bridgehead atoms. The number of nitrogens with zero attached hydrogens (tertiary/aromatic N) is 3. The average molecular weight is 390 g/mol. The van der Waals surface area contributed by atoms with E-state index in [1.165, 1.54) is 18.2 Å². The first-order valence-electron chi connectivity index (χ1n) is 8.81. The van der Waals surface area contributed by atoms with E-state index in [1.54, 1.807) is 29.3 Å². The van der Waals surface area contributed by atoms with Gasteiger partial charge in [-0.15, -0.1) is 0 Å². The van der Waals surface area contributed by atoms with E-state index in [0.717, 1.165) is 0 Å². The van der Waals surface area contributed by atoms with Gasteiger partial charge in [0.1, 0.15) is 5.75 Å². The molecule has 1 saturated heterocycles. The van der Waals surface area contributed by atoms with Crippen LogP contribution in [0.4, 0.5) is 14.5 Å². The quantitative estimate of drug-likeness (QED) is 0.440. The minimum atomic E-state index is -2.86. The van der Waals surface area contributed by atoms with Crippen LogP contribution in [0.3, 0.4) is 0 Å². The first kappa shape index (κ1) is 21.1.